The lowest BCUT2D eigenvalue weighted by Crippen LogP contribution is -2.45. The van der Waals surface area contributed by atoms with Crippen LogP contribution in [0.25, 0.3) is 0 Å². The smallest absolute Gasteiger partial charge is 0.225 e. The van der Waals surface area contributed by atoms with E-state index in [1.807, 2.05) is 42.2 Å². The highest BCUT2D eigenvalue weighted by molar-refractivity contribution is 5.92. The van der Waals surface area contributed by atoms with Crippen molar-refractivity contribution in [3.63, 3.8) is 0 Å². The first kappa shape index (κ1) is 20.1. The molecule has 0 aromatic heterocycles. The molecule has 5 heteroatoms. The highest BCUT2D eigenvalue weighted by Crippen LogP contribution is 2.18. The fraction of sp³-hybridized carbons (Fsp3) is 0.571. The number of rotatable bonds is 7. The van der Waals surface area contributed by atoms with Crippen molar-refractivity contribution in [2.75, 3.05) is 20.1 Å². The quantitative estimate of drug-likeness (QED) is 0.753. The first-order chi connectivity index (χ1) is 12.4. The van der Waals surface area contributed by atoms with Crippen molar-refractivity contribution in [3.05, 3.63) is 35.9 Å². The number of nitrogens with zero attached hydrogens (tertiary/aromatic N) is 2. The summed E-state index contributed by atoms with van der Waals surface area (Å²) in [4.78, 5) is 40.8. The summed E-state index contributed by atoms with van der Waals surface area (Å²) in [5.41, 5.74) is 1.01. The van der Waals surface area contributed by atoms with Crippen LogP contribution in [0.15, 0.2) is 30.3 Å². The minimum Gasteiger partial charge on any atom is -0.342 e. The van der Waals surface area contributed by atoms with Gasteiger partial charge in [0.1, 0.15) is 0 Å². The number of benzene rings is 1. The normalized spacial score (nSPS) is 16.7. The van der Waals surface area contributed by atoms with Gasteiger partial charge in [0.2, 0.25) is 11.8 Å². The number of likely N-dealkylation sites (N-methyl/N-ethyl adjacent to an activating group) is 1. The van der Waals surface area contributed by atoms with Gasteiger partial charge in [-0.25, -0.2) is 0 Å². The van der Waals surface area contributed by atoms with E-state index in [1.165, 1.54) is 18.2 Å². The Balaban J connectivity index is 2.05. The van der Waals surface area contributed by atoms with E-state index in [0.29, 0.717) is 6.42 Å². The van der Waals surface area contributed by atoms with E-state index in [0.717, 1.165) is 31.5 Å². The van der Waals surface area contributed by atoms with Gasteiger partial charge in [0.15, 0.2) is 5.78 Å². The zero-order valence-corrected chi connectivity index (χ0v) is 16.1. The molecule has 2 atom stereocenters. The van der Waals surface area contributed by atoms with Gasteiger partial charge in [-0.2, -0.15) is 0 Å². The lowest BCUT2D eigenvalue weighted by Gasteiger charge is -2.30. The van der Waals surface area contributed by atoms with Gasteiger partial charge in [-0.05, 0) is 31.2 Å². The fourth-order valence-electron chi connectivity index (χ4n) is 3.47. The number of hydrogen-bond donors (Lipinski definition) is 0. The molecule has 2 rings (SSSR count). The average Bonchev–Trinajstić information content (AvgIpc) is 2.66. The molecule has 1 aliphatic rings. The third-order valence-electron chi connectivity index (χ3n) is 5.20. The van der Waals surface area contributed by atoms with Gasteiger partial charge >= 0.3 is 0 Å². The molecule has 1 fully saturated rings. The van der Waals surface area contributed by atoms with Gasteiger partial charge in [0.25, 0.3) is 0 Å². The van der Waals surface area contributed by atoms with E-state index in [9.17, 15) is 14.4 Å². The number of carbonyl (C=O) groups excluding carboxylic acids is 3. The number of likely N-dealkylation sites (tertiary alicyclic amines) is 1. The highest BCUT2D eigenvalue weighted by Gasteiger charge is 2.30. The first-order valence-corrected chi connectivity index (χ1v) is 9.49. The second-order valence-corrected chi connectivity index (χ2v) is 7.29. The van der Waals surface area contributed by atoms with Crippen molar-refractivity contribution in [1.82, 2.24) is 9.80 Å². The molecular weight excluding hydrogens is 328 g/mol. The van der Waals surface area contributed by atoms with Crippen LogP contribution in [0.4, 0.5) is 0 Å². The molecule has 0 spiro atoms. The number of piperidine rings is 1. The summed E-state index contributed by atoms with van der Waals surface area (Å²) in [5, 5.41) is 0. The summed E-state index contributed by atoms with van der Waals surface area (Å²) in [6.45, 7) is 4.87. The van der Waals surface area contributed by atoms with Gasteiger partial charge in [-0.15, -0.1) is 0 Å². The van der Waals surface area contributed by atoms with Gasteiger partial charge in [-0.1, -0.05) is 37.3 Å². The van der Waals surface area contributed by atoms with Gasteiger partial charge in [0, 0.05) is 39.4 Å². The van der Waals surface area contributed by atoms with Crippen molar-refractivity contribution >= 4 is 17.6 Å². The van der Waals surface area contributed by atoms with Gasteiger partial charge in [0.05, 0.1) is 6.04 Å². The molecule has 1 heterocycles. The Hall–Kier alpha value is -2.17. The Labute approximate surface area is 156 Å². The molecule has 0 N–H and O–H groups in total. The van der Waals surface area contributed by atoms with Crippen LogP contribution >= 0.6 is 0 Å². The summed E-state index contributed by atoms with van der Waals surface area (Å²) in [7, 11) is 1.66. The van der Waals surface area contributed by atoms with E-state index in [-0.39, 0.29) is 29.9 Å². The highest BCUT2D eigenvalue weighted by atomic mass is 16.2. The second kappa shape index (κ2) is 9.51. The van der Waals surface area contributed by atoms with Gasteiger partial charge < -0.3 is 9.80 Å². The molecule has 2 amide bonds. The molecular formula is C21H30N2O3. The summed E-state index contributed by atoms with van der Waals surface area (Å²) >= 11 is 0. The Morgan fingerprint density at radius 1 is 1.08 bits per heavy atom. The van der Waals surface area contributed by atoms with E-state index in [2.05, 4.69) is 0 Å². The van der Waals surface area contributed by atoms with Crippen LogP contribution in [0.5, 0.6) is 0 Å². The number of hydrogen-bond acceptors (Lipinski definition) is 3. The minimum atomic E-state index is -0.536. The van der Waals surface area contributed by atoms with E-state index in [1.54, 1.807) is 7.05 Å². The Morgan fingerprint density at radius 2 is 1.69 bits per heavy atom. The summed E-state index contributed by atoms with van der Waals surface area (Å²) in [6.07, 6.45) is 3.89. The zero-order chi connectivity index (χ0) is 19.1. The maximum atomic E-state index is 12.9. The van der Waals surface area contributed by atoms with Crippen LogP contribution in [-0.2, 0) is 20.8 Å². The molecule has 1 saturated heterocycles. The predicted molar refractivity (Wildman–Crippen MR) is 102 cm³/mol. The molecule has 1 aliphatic heterocycles. The maximum absolute atomic E-state index is 12.9. The SMILES string of the molecule is CC(=O)N(C)C(Cc1ccccc1)C(=O)C[C@@H](C)C(=O)N1CCCCC1. The lowest BCUT2D eigenvalue weighted by atomic mass is 9.93. The van der Waals surface area contributed by atoms with Crippen LogP contribution < -0.4 is 0 Å². The van der Waals surface area contributed by atoms with E-state index >= 15 is 0 Å². The zero-order valence-electron chi connectivity index (χ0n) is 16.1. The first-order valence-electron chi connectivity index (χ1n) is 9.49. The molecule has 5 nitrogen and oxygen atoms in total. The Bertz CT molecular complexity index is 623. The monoisotopic (exact) mass is 358 g/mol. The molecule has 26 heavy (non-hydrogen) atoms. The van der Waals surface area contributed by atoms with Crippen LogP contribution in [0.2, 0.25) is 0 Å². The maximum Gasteiger partial charge on any atom is 0.225 e. The van der Waals surface area contributed by atoms with Crippen molar-refractivity contribution in [2.45, 2.75) is 52.0 Å². The third kappa shape index (κ3) is 5.41. The van der Waals surface area contributed by atoms with Gasteiger partial charge in [-0.3, -0.25) is 14.4 Å². The van der Waals surface area contributed by atoms with Crippen molar-refractivity contribution in [1.29, 1.82) is 0 Å². The molecule has 1 unspecified atom stereocenters. The predicted octanol–water partition coefficient (Wildman–Crippen LogP) is 2.68. The summed E-state index contributed by atoms with van der Waals surface area (Å²) < 4.78 is 0. The third-order valence-corrected chi connectivity index (χ3v) is 5.20. The second-order valence-electron chi connectivity index (χ2n) is 7.29. The summed E-state index contributed by atoms with van der Waals surface area (Å²) in [6, 6.07) is 9.15. The van der Waals surface area contributed by atoms with Crippen molar-refractivity contribution in [2.24, 2.45) is 5.92 Å². The van der Waals surface area contributed by atoms with Crippen LogP contribution in [0.3, 0.4) is 0 Å². The van der Waals surface area contributed by atoms with Crippen LogP contribution in [0, 0.1) is 5.92 Å². The molecule has 0 saturated carbocycles. The van der Waals surface area contributed by atoms with Crippen LogP contribution in [0.1, 0.15) is 45.1 Å². The van der Waals surface area contributed by atoms with E-state index < -0.39 is 6.04 Å². The molecule has 0 radical (unpaired) electrons. The molecule has 0 aliphatic carbocycles. The lowest BCUT2D eigenvalue weighted by molar-refractivity contribution is -0.140. The largest absolute Gasteiger partial charge is 0.342 e. The molecule has 142 valence electrons. The number of Topliss-reactive ketones (excluding diaryl/α,β-unsaturated/α-hetero) is 1. The Kier molecular flexibility index (Phi) is 7.37. The average molecular weight is 358 g/mol. The topological polar surface area (TPSA) is 57.7 Å². The summed E-state index contributed by atoms with van der Waals surface area (Å²) in [5.74, 6) is -0.486. The molecule has 0 bridgehead atoms. The molecule has 1 aromatic rings. The van der Waals surface area contributed by atoms with Crippen LogP contribution in [-0.4, -0.2) is 53.6 Å². The number of amides is 2. The standard InChI is InChI=1S/C21H30N2O3/c1-16(21(26)23-12-8-5-9-13-23)14-20(25)19(22(3)17(2)24)15-18-10-6-4-7-11-18/h4,6-7,10-11,16,19H,5,8-9,12-15H2,1-3H3/t16-,19?/m1/s1. The van der Waals surface area contributed by atoms with Crippen molar-refractivity contribution in [3.8, 4) is 0 Å². The minimum absolute atomic E-state index is 0.0515. The number of carbonyl (C=O) groups is 3. The van der Waals surface area contributed by atoms with Crippen molar-refractivity contribution < 1.29 is 14.4 Å². The fourth-order valence-corrected chi connectivity index (χ4v) is 3.47. The molecule has 1 aromatic carbocycles. The van der Waals surface area contributed by atoms with E-state index in [4.69, 9.17) is 0 Å². The number of ketones is 1. The Morgan fingerprint density at radius 3 is 2.27 bits per heavy atom.